The maximum absolute atomic E-state index is 5.72. The van der Waals surface area contributed by atoms with Gasteiger partial charge in [0.15, 0.2) is 0 Å². The van der Waals surface area contributed by atoms with Crippen LogP contribution in [0, 0.1) is 6.92 Å². The molecule has 0 amide bonds. The highest BCUT2D eigenvalue weighted by molar-refractivity contribution is 5.44. The van der Waals surface area contributed by atoms with Crippen LogP contribution in [0.3, 0.4) is 0 Å². The summed E-state index contributed by atoms with van der Waals surface area (Å²) in [6.07, 6.45) is 3.83. The standard InChI is InChI=1S/C14H16N2.H3N/c1-11-10-13(15)7-5-12(11)6-8-14-4-2-3-9-16-14;/h2-5,7,9-10H,6,8,15H2,1H3;1H3. The van der Waals surface area contributed by atoms with E-state index in [1.165, 1.54) is 11.1 Å². The molecule has 1 aromatic carbocycles. The van der Waals surface area contributed by atoms with Crippen LogP contribution in [-0.4, -0.2) is 4.98 Å². The van der Waals surface area contributed by atoms with E-state index in [-0.39, 0.29) is 6.15 Å². The van der Waals surface area contributed by atoms with Crippen LogP contribution < -0.4 is 11.9 Å². The zero-order valence-corrected chi connectivity index (χ0v) is 10.2. The van der Waals surface area contributed by atoms with Crippen molar-refractivity contribution in [3.8, 4) is 0 Å². The molecule has 3 nitrogen and oxygen atoms in total. The summed E-state index contributed by atoms with van der Waals surface area (Å²) in [5, 5.41) is 0. The molecule has 0 unspecified atom stereocenters. The van der Waals surface area contributed by atoms with Gasteiger partial charge in [-0.05, 0) is 55.2 Å². The summed E-state index contributed by atoms with van der Waals surface area (Å²) in [7, 11) is 0. The highest BCUT2D eigenvalue weighted by Crippen LogP contribution is 2.14. The first kappa shape index (κ1) is 13.2. The lowest BCUT2D eigenvalue weighted by Gasteiger charge is -2.06. The lowest BCUT2D eigenvalue weighted by molar-refractivity contribution is 0.906. The van der Waals surface area contributed by atoms with Gasteiger partial charge in [0, 0.05) is 17.6 Å². The molecule has 90 valence electrons. The number of pyridine rings is 1. The number of nitrogens with two attached hydrogens (primary N) is 1. The van der Waals surface area contributed by atoms with Gasteiger partial charge in [0.2, 0.25) is 0 Å². The zero-order valence-electron chi connectivity index (χ0n) is 10.2. The summed E-state index contributed by atoms with van der Waals surface area (Å²) in [5.74, 6) is 0. The summed E-state index contributed by atoms with van der Waals surface area (Å²) < 4.78 is 0. The van der Waals surface area contributed by atoms with Gasteiger partial charge in [-0.25, -0.2) is 0 Å². The van der Waals surface area contributed by atoms with Gasteiger partial charge in [-0.2, -0.15) is 0 Å². The third kappa shape index (κ3) is 3.57. The van der Waals surface area contributed by atoms with E-state index in [1.807, 2.05) is 30.5 Å². The largest absolute Gasteiger partial charge is 0.399 e. The normalized spacial score (nSPS) is 9.71. The van der Waals surface area contributed by atoms with Gasteiger partial charge in [-0.1, -0.05) is 12.1 Å². The van der Waals surface area contributed by atoms with E-state index >= 15 is 0 Å². The SMILES string of the molecule is Cc1cc(N)ccc1CCc1ccccn1.N. The number of benzene rings is 1. The summed E-state index contributed by atoms with van der Waals surface area (Å²) in [6.45, 7) is 2.10. The summed E-state index contributed by atoms with van der Waals surface area (Å²) in [4.78, 5) is 4.32. The first-order valence-corrected chi connectivity index (χ1v) is 5.50. The second-order valence-corrected chi connectivity index (χ2v) is 4.01. The fourth-order valence-electron chi connectivity index (χ4n) is 1.81. The topological polar surface area (TPSA) is 73.9 Å². The predicted octanol–water partition coefficient (Wildman–Crippen LogP) is 2.92. The van der Waals surface area contributed by atoms with E-state index in [0.717, 1.165) is 24.2 Å². The van der Waals surface area contributed by atoms with Crippen LogP contribution in [0.4, 0.5) is 5.69 Å². The molecule has 2 aromatic rings. The van der Waals surface area contributed by atoms with Gasteiger partial charge >= 0.3 is 0 Å². The van der Waals surface area contributed by atoms with Crippen molar-refractivity contribution in [2.45, 2.75) is 19.8 Å². The molecule has 5 N–H and O–H groups in total. The van der Waals surface area contributed by atoms with Crippen LogP contribution in [0.2, 0.25) is 0 Å². The van der Waals surface area contributed by atoms with E-state index in [1.54, 1.807) is 0 Å². The Balaban J connectivity index is 0.00000144. The monoisotopic (exact) mass is 229 g/mol. The summed E-state index contributed by atoms with van der Waals surface area (Å²) in [5.41, 5.74) is 10.3. The molecule has 2 rings (SSSR count). The van der Waals surface area contributed by atoms with Gasteiger partial charge in [-0.15, -0.1) is 0 Å². The number of hydrogen-bond donors (Lipinski definition) is 2. The van der Waals surface area contributed by atoms with Gasteiger partial charge in [0.25, 0.3) is 0 Å². The Morgan fingerprint density at radius 2 is 1.94 bits per heavy atom. The van der Waals surface area contributed by atoms with Crippen LogP contribution >= 0.6 is 0 Å². The maximum atomic E-state index is 5.72. The average molecular weight is 229 g/mol. The van der Waals surface area contributed by atoms with Gasteiger partial charge in [-0.3, -0.25) is 4.98 Å². The summed E-state index contributed by atoms with van der Waals surface area (Å²) in [6, 6.07) is 12.1. The van der Waals surface area contributed by atoms with Crippen molar-refractivity contribution >= 4 is 5.69 Å². The van der Waals surface area contributed by atoms with Crippen molar-refractivity contribution < 1.29 is 0 Å². The van der Waals surface area contributed by atoms with Crippen LogP contribution in [0.1, 0.15) is 16.8 Å². The Bertz CT molecular complexity index is 466. The number of nitrogens with zero attached hydrogens (tertiary/aromatic N) is 1. The van der Waals surface area contributed by atoms with Crippen molar-refractivity contribution in [1.82, 2.24) is 11.1 Å². The lowest BCUT2D eigenvalue weighted by Crippen LogP contribution is -1.97. The van der Waals surface area contributed by atoms with E-state index in [9.17, 15) is 0 Å². The van der Waals surface area contributed by atoms with Crippen molar-refractivity contribution in [3.05, 3.63) is 59.4 Å². The van der Waals surface area contributed by atoms with E-state index < -0.39 is 0 Å². The molecular formula is C14H19N3. The number of nitrogen functional groups attached to an aromatic ring is 1. The Morgan fingerprint density at radius 3 is 2.59 bits per heavy atom. The van der Waals surface area contributed by atoms with Crippen molar-refractivity contribution in [2.75, 3.05) is 5.73 Å². The van der Waals surface area contributed by atoms with Crippen LogP contribution in [0.5, 0.6) is 0 Å². The first-order valence-electron chi connectivity index (χ1n) is 5.50. The Kier molecular flexibility index (Phi) is 4.67. The third-order valence-corrected chi connectivity index (χ3v) is 2.74. The smallest absolute Gasteiger partial charge is 0.0406 e. The molecule has 0 aliphatic carbocycles. The first-order chi connectivity index (χ1) is 7.75. The quantitative estimate of drug-likeness (QED) is 0.795. The van der Waals surface area contributed by atoms with E-state index in [4.69, 9.17) is 5.73 Å². The molecule has 0 saturated carbocycles. The number of rotatable bonds is 3. The van der Waals surface area contributed by atoms with E-state index in [2.05, 4.69) is 24.0 Å². The highest BCUT2D eigenvalue weighted by atomic mass is 14.7. The van der Waals surface area contributed by atoms with Crippen LogP contribution in [-0.2, 0) is 12.8 Å². The molecular weight excluding hydrogens is 210 g/mol. The number of aryl methyl sites for hydroxylation is 3. The van der Waals surface area contributed by atoms with Gasteiger partial charge in [0.05, 0.1) is 0 Å². The predicted molar refractivity (Wildman–Crippen MR) is 72.3 cm³/mol. The molecule has 0 bridgehead atoms. The minimum absolute atomic E-state index is 0. The molecule has 0 fully saturated rings. The molecule has 0 spiro atoms. The zero-order chi connectivity index (χ0) is 11.4. The molecule has 0 aliphatic rings. The van der Waals surface area contributed by atoms with Crippen molar-refractivity contribution in [1.29, 1.82) is 0 Å². The molecule has 0 saturated heterocycles. The fourth-order valence-corrected chi connectivity index (χ4v) is 1.81. The fraction of sp³-hybridized carbons (Fsp3) is 0.214. The Hall–Kier alpha value is -1.87. The second kappa shape index (κ2) is 6.01. The van der Waals surface area contributed by atoms with Crippen LogP contribution in [0.15, 0.2) is 42.6 Å². The number of hydrogen-bond acceptors (Lipinski definition) is 3. The molecule has 1 aromatic heterocycles. The second-order valence-electron chi connectivity index (χ2n) is 4.01. The van der Waals surface area contributed by atoms with E-state index in [0.29, 0.717) is 0 Å². The molecule has 0 aliphatic heterocycles. The summed E-state index contributed by atoms with van der Waals surface area (Å²) >= 11 is 0. The minimum Gasteiger partial charge on any atom is -0.399 e. The molecule has 1 heterocycles. The maximum Gasteiger partial charge on any atom is 0.0406 e. The van der Waals surface area contributed by atoms with Crippen molar-refractivity contribution in [3.63, 3.8) is 0 Å². The Morgan fingerprint density at radius 1 is 1.12 bits per heavy atom. The average Bonchev–Trinajstić information content (AvgIpc) is 2.29. The van der Waals surface area contributed by atoms with Crippen LogP contribution in [0.25, 0.3) is 0 Å². The van der Waals surface area contributed by atoms with Crippen molar-refractivity contribution in [2.24, 2.45) is 0 Å². The number of aromatic nitrogens is 1. The molecule has 3 heteroatoms. The van der Waals surface area contributed by atoms with Gasteiger partial charge < -0.3 is 11.9 Å². The Labute approximate surface area is 102 Å². The molecule has 17 heavy (non-hydrogen) atoms. The minimum atomic E-state index is 0. The third-order valence-electron chi connectivity index (χ3n) is 2.74. The molecule has 0 radical (unpaired) electrons. The molecule has 0 atom stereocenters. The lowest BCUT2D eigenvalue weighted by atomic mass is 10.0. The van der Waals surface area contributed by atoms with Gasteiger partial charge in [0.1, 0.15) is 0 Å². The number of anilines is 1. The highest BCUT2D eigenvalue weighted by Gasteiger charge is 2.00.